The lowest BCUT2D eigenvalue weighted by Gasteiger charge is -2.12. The molecule has 0 saturated carbocycles. The maximum atomic E-state index is 14.1. The van der Waals surface area contributed by atoms with Crippen LogP contribution in [-0.4, -0.2) is 17.1 Å². The largest absolute Gasteiger partial charge is 0.496 e. The number of rotatable bonds is 2. The van der Waals surface area contributed by atoms with E-state index in [0.29, 0.717) is 10.2 Å². The molecule has 2 rings (SSSR count). The molecule has 0 saturated heterocycles. The fourth-order valence-electron chi connectivity index (χ4n) is 1.70. The Bertz CT molecular complexity index is 729. The summed E-state index contributed by atoms with van der Waals surface area (Å²) in [4.78, 5) is 7.60. The van der Waals surface area contributed by atoms with Gasteiger partial charge in [-0.15, -0.1) is 0 Å². The van der Waals surface area contributed by atoms with Crippen LogP contribution < -0.4 is 16.2 Å². The highest BCUT2D eigenvalue weighted by Gasteiger charge is 2.21. The zero-order chi connectivity index (χ0) is 14.9. The summed E-state index contributed by atoms with van der Waals surface area (Å²) in [6, 6.07) is 4.50. The summed E-state index contributed by atoms with van der Waals surface area (Å²) in [5.74, 6) is -0.456. The maximum Gasteiger partial charge on any atom is 0.222 e. The van der Waals surface area contributed by atoms with E-state index in [1.165, 1.54) is 19.2 Å². The zero-order valence-corrected chi connectivity index (χ0v) is 11.9. The molecule has 0 aliphatic heterocycles. The fraction of sp³-hybridized carbons (Fsp3) is 0.0833. The number of nitriles is 1. The average Bonchev–Trinajstić information content (AvgIpc) is 2.38. The molecule has 8 heteroatoms. The van der Waals surface area contributed by atoms with Crippen LogP contribution in [0.3, 0.4) is 0 Å². The Morgan fingerprint density at radius 3 is 2.65 bits per heavy atom. The van der Waals surface area contributed by atoms with Crippen LogP contribution in [0, 0.1) is 17.1 Å². The van der Waals surface area contributed by atoms with Gasteiger partial charge in [0, 0.05) is 0 Å². The summed E-state index contributed by atoms with van der Waals surface area (Å²) < 4.78 is 19.5. The molecule has 0 fully saturated rings. The van der Waals surface area contributed by atoms with Gasteiger partial charge in [0.05, 0.1) is 17.1 Å². The molecule has 0 spiro atoms. The van der Waals surface area contributed by atoms with Gasteiger partial charge in [-0.05, 0) is 28.1 Å². The van der Waals surface area contributed by atoms with E-state index in [4.69, 9.17) is 21.5 Å². The third-order valence-electron chi connectivity index (χ3n) is 2.58. The van der Waals surface area contributed by atoms with Gasteiger partial charge < -0.3 is 16.2 Å². The zero-order valence-electron chi connectivity index (χ0n) is 10.3. The van der Waals surface area contributed by atoms with Crippen molar-refractivity contribution < 1.29 is 9.13 Å². The maximum absolute atomic E-state index is 14.1. The third-order valence-corrected chi connectivity index (χ3v) is 3.37. The van der Waals surface area contributed by atoms with Crippen molar-refractivity contribution in [3.63, 3.8) is 0 Å². The average molecular weight is 338 g/mol. The number of aromatic nitrogens is 2. The number of anilines is 2. The van der Waals surface area contributed by atoms with Crippen LogP contribution in [-0.2, 0) is 0 Å². The molecule has 1 aromatic carbocycles. The molecule has 0 aliphatic carbocycles. The Balaban J connectivity index is 2.85. The van der Waals surface area contributed by atoms with Gasteiger partial charge in [0.15, 0.2) is 0 Å². The van der Waals surface area contributed by atoms with Crippen LogP contribution in [0.15, 0.2) is 16.6 Å². The van der Waals surface area contributed by atoms with E-state index in [9.17, 15) is 4.39 Å². The van der Waals surface area contributed by atoms with Crippen molar-refractivity contribution in [1.29, 1.82) is 5.26 Å². The number of hydrogen-bond donors (Lipinski definition) is 2. The number of halogens is 2. The van der Waals surface area contributed by atoms with Crippen LogP contribution in [0.25, 0.3) is 11.3 Å². The van der Waals surface area contributed by atoms with Crippen LogP contribution in [0.5, 0.6) is 5.75 Å². The summed E-state index contributed by atoms with van der Waals surface area (Å²) in [5, 5.41) is 9.14. The number of nitrogens with two attached hydrogens (primary N) is 2. The van der Waals surface area contributed by atoms with Crippen molar-refractivity contribution >= 4 is 27.7 Å². The summed E-state index contributed by atoms with van der Waals surface area (Å²) in [5.41, 5.74) is 11.1. The summed E-state index contributed by atoms with van der Waals surface area (Å²) in [7, 11) is 1.44. The smallest absolute Gasteiger partial charge is 0.222 e. The summed E-state index contributed by atoms with van der Waals surface area (Å²) in [6.45, 7) is 0. The first kappa shape index (κ1) is 14.0. The van der Waals surface area contributed by atoms with Gasteiger partial charge in [-0.25, -0.2) is 9.37 Å². The number of benzene rings is 1. The van der Waals surface area contributed by atoms with Crippen molar-refractivity contribution in [2.75, 3.05) is 18.6 Å². The second-order valence-electron chi connectivity index (χ2n) is 3.74. The van der Waals surface area contributed by atoms with Crippen LogP contribution in [0.1, 0.15) is 5.56 Å². The molecule has 1 aromatic heterocycles. The first-order valence-electron chi connectivity index (χ1n) is 5.35. The minimum atomic E-state index is -0.591. The highest BCUT2D eigenvalue weighted by molar-refractivity contribution is 9.10. The molecule has 102 valence electrons. The van der Waals surface area contributed by atoms with Gasteiger partial charge >= 0.3 is 0 Å². The SMILES string of the molecule is COc1ccc(F)c(-c2nc(N)nc(N)c2C#N)c1Br. The predicted octanol–water partition coefficient (Wildman–Crippen LogP) is 2.09. The second kappa shape index (κ2) is 5.30. The molecule has 0 aliphatic rings. The highest BCUT2D eigenvalue weighted by Crippen LogP contribution is 2.38. The van der Waals surface area contributed by atoms with E-state index < -0.39 is 5.82 Å². The molecular weight excluding hydrogens is 329 g/mol. The first-order valence-corrected chi connectivity index (χ1v) is 6.14. The number of methoxy groups -OCH3 is 1. The lowest BCUT2D eigenvalue weighted by Crippen LogP contribution is -2.06. The van der Waals surface area contributed by atoms with E-state index in [-0.39, 0.29) is 28.6 Å². The second-order valence-corrected chi connectivity index (χ2v) is 4.53. The lowest BCUT2D eigenvalue weighted by molar-refractivity contribution is 0.411. The fourth-order valence-corrected chi connectivity index (χ4v) is 2.37. The molecule has 1 heterocycles. The third kappa shape index (κ3) is 2.23. The Morgan fingerprint density at radius 2 is 2.05 bits per heavy atom. The first-order chi connectivity index (χ1) is 9.49. The molecule has 6 nitrogen and oxygen atoms in total. The van der Waals surface area contributed by atoms with E-state index in [1.807, 2.05) is 6.07 Å². The molecular formula is C12H9BrFN5O. The van der Waals surface area contributed by atoms with Crippen molar-refractivity contribution in [3.8, 4) is 23.1 Å². The number of nitrogen functional groups attached to an aromatic ring is 2. The molecule has 0 bridgehead atoms. The van der Waals surface area contributed by atoms with Gasteiger partial charge in [-0.3, -0.25) is 0 Å². The van der Waals surface area contributed by atoms with Crippen LogP contribution >= 0.6 is 15.9 Å². The van der Waals surface area contributed by atoms with Gasteiger partial charge in [-0.2, -0.15) is 10.2 Å². The van der Waals surface area contributed by atoms with Crippen molar-refractivity contribution in [3.05, 3.63) is 28.0 Å². The summed E-state index contributed by atoms with van der Waals surface area (Å²) in [6.07, 6.45) is 0. The minimum Gasteiger partial charge on any atom is -0.496 e. The normalized spacial score (nSPS) is 10.1. The molecule has 2 aromatic rings. The van der Waals surface area contributed by atoms with Gasteiger partial charge in [0.2, 0.25) is 5.95 Å². The molecule has 0 radical (unpaired) electrons. The molecule has 4 N–H and O–H groups in total. The number of ether oxygens (including phenoxy) is 1. The molecule has 0 amide bonds. The number of hydrogen-bond acceptors (Lipinski definition) is 6. The monoisotopic (exact) mass is 337 g/mol. The van der Waals surface area contributed by atoms with Crippen LogP contribution in [0.2, 0.25) is 0 Å². The highest BCUT2D eigenvalue weighted by atomic mass is 79.9. The Kier molecular flexibility index (Phi) is 3.72. The molecule has 0 atom stereocenters. The Morgan fingerprint density at radius 1 is 1.35 bits per heavy atom. The van der Waals surface area contributed by atoms with E-state index in [2.05, 4.69) is 25.9 Å². The summed E-state index contributed by atoms with van der Waals surface area (Å²) >= 11 is 3.23. The predicted molar refractivity (Wildman–Crippen MR) is 75.2 cm³/mol. The van der Waals surface area contributed by atoms with Crippen molar-refractivity contribution in [1.82, 2.24) is 9.97 Å². The Labute approximate surface area is 122 Å². The van der Waals surface area contributed by atoms with Gasteiger partial charge in [-0.1, -0.05) is 0 Å². The van der Waals surface area contributed by atoms with E-state index >= 15 is 0 Å². The minimum absolute atomic E-state index is 0.0146. The molecule has 0 unspecified atom stereocenters. The molecule has 20 heavy (non-hydrogen) atoms. The van der Waals surface area contributed by atoms with E-state index in [1.54, 1.807) is 0 Å². The standard InChI is InChI=1S/C12H9BrFN5O/c1-20-7-3-2-6(14)8(9(7)13)10-5(4-15)11(16)19-12(17)18-10/h2-3H,1H3,(H4,16,17,18,19). The van der Waals surface area contributed by atoms with Crippen LogP contribution in [0.4, 0.5) is 16.2 Å². The lowest BCUT2D eigenvalue weighted by atomic mass is 10.1. The van der Waals surface area contributed by atoms with E-state index in [0.717, 1.165) is 0 Å². The van der Waals surface area contributed by atoms with Crippen molar-refractivity contribution in [2.24, 2.45) is 0 Å². The quantitative estimate of drug-likeness (QED) is 0.867. The topological polar surface area (TPSA) is 111 Å². The van der Waals surface area contributed by atoms with Gasteiger partial charge in [0.25, 0.3) is 0 Å². The Hall–Kier alpha value is -2.40. The van der Waals surface area contributed by atoms with Gasteiger partial charge in [0.1, 0.15) is 34.7 Å². The van der Waals surface area contributed by atoms with Crippen molar-refractivity contribution in [2.45, 2.75) is 0 Å². The number of nitrogens with zero attached hydrogens (tertiary/aromatic N) is 3.